The Morgan fingerprint density at radius 1 is 1.04 bits per heavy atom. The minimum atomic E-state index is -3.11. The molecule has 1 aromatic rings. The Hall–Kier alpha value is -1.36. The first-order valence-electron chi connectivity index (χ1n) is 9.10. The highest BCUT2D eigenvalue weighted by Gasteiger charge is 2.33. The van der Waals surface area contributed by atoms with Gasteiger partial charge in [-0.05, 0) is 30.7 Å². The van der Waals surface area contributed by atoms with Crippen molar-refractivity contribution in [3.05, 3.63) is 35.9 Å². The van der Waals surface area contributed by atoms with Crippen LogP contribution in [0.2, 0.25) is 0 Å². The Morgan fingerprint density at radius 3 is 2.46 bits per heavy atom. The molecule has 1 unspecified atom stereocenters. The molecular weight excluding hydrogens is 322 g/mol. The molecule has 1 saturated carbocycles. The maximum Gasteiger partial charge on any atom is 0.223 e. The highest BCUT2D eigenvalue weighted by molar-refractivity contribution is 7.91. The Bertz CT molecular complexity index is 650. The van der Waals surface area contributed by atoms with Gasteiger partial charge >= 0.3 is 0 Å². The van der Waals surface area contributed by atoms with E-state index in [1.165, 1.54) is 19.3 Å². The van der Waals surface area contributed by atoms with Crippen molar-refractivity contribution in [3.8, 4) is 0 Å². The van der Waals surface area contributed by atoms with Crippen molar-refractivity contribution in [2.75, 3.05) is 18.1 Å². The monoisotopic (exact) mass is 349 g/mol. The zero-order valence-corrected chi connectivity index (χ0v) is 15.0. The van der Waals surface area contributed by atoms with Gasteiger partial charge < -0.3 is 4.90 Å². The van der Waals surface area contributed by atoms with E-state index in [2.05, 4.69) is 0 Å². The predicted molar refractivity (Wildman–Crippen MR) is 95.4 cm³/mol. The van der Waals surface area contributed by atoms with Crippen LogP contribution in [0.25, 0.3) is 0 Å². The molecule has 1 saturated heterocycles. The number of carbonyl (C=O) groups is 1. The van der Waals surface area contributed by atoms with E-state index >= 15 is 0 Å². The third-order valence-corrected chi connectivity index (χ3v) is 7.07. The first-order chi connectivity index (χ1) is 11.6. The highest BCUT2D eigenvalue weighted by Crippen LogP contribution is 2.31. The average molecular weight is 349 g/mol. The van der Waals surface area contributed by atoms with E-state index in [4.69, 9.17) is 0 Å². The molecule has 1 heterocycles. The van der Waals surface area contributed by atoms with Crippen molar-refractivity contribution in [1.82, 2.24) is 4.90 Å². The van der Waals surface area contributed by atoms with Crippen LogP contribution in [-0.4, -0.2) is 37.3 Å². The first kappa shape index (κ1) is 17.5. The van der Waals surface area contributed by atoms with Crippen molar-refractivity contribution in [2.45, 2.75) is 51.0 Å². The van der Waals surface area contributed by atoms with Crippen molar-refractivity contribution >= 4 is 15.7 Å². The van der Waals surface area contributed by atoms with E-state index in [0.717, 1.165) is 18.4 Å². The molecule has 1 aliphatic carbocycles. The van der Waals surface area contributed by atoms with Crippen molar-refractivity contribution < 1.29 is 13.2 Å². The second-order valence-electron chi connectivity index (χ2n) is 7.19. The number of sulfone groups is 1. The van der Waals surface area contributed by atoms with Crippen LogP contribution in [0.5, 0.6) is 0 Å². The number of hydrogen-bond donors (Lipinski definition) is 0. The molecule has 1 aliphatic heterocycles. The Balaban J connectivity index is 1.80. The van der Waals surface area contributed by atoms with Gasteiger partial charge in [-0.1, -0.05) is 49.6 Å². The van der Waals surface area contributed by atoms with Gasteiger partial charge in [0.15, 0.2) is 9.84 Å². The van der Waals surface area contributed by atoms with E-state index < -0.39 is 9.84 Å². The van der Waals surface area contributed by atoms with Crippen LogP contribution in [0.1, 0.15) is 56.6 Å². The molecule has 1 atom stereocenters. The summed E-state index contributed by atoms with van der Waals surface area (Å²) in [5.74, 6) is 0.840. The van der Waals surface area contributed by atoms with E-state index in [1.54, 1.807) is 0 Å². The fraction of sp³-hybridized carbons (Fsp3) is 0.632. The molecule has 1 aromatic carbocycles. The molecule has 132 valence electrons. The molecular formula is C19H27NO3S. The van der Waals surface area contributed by atoms with Gasteiger partial charge in [-0.25, -0.2) is 8.42 Å². The normalized spacial score (nSPS) is 25.2. The fourth-order valence-corrected chi connectivity index (χ4v) is 5.62. The number of carbonyl (C=O) groups excluding carboxylic acids is 1. The summed E-state index contributed by atoms with van der Waals surface area (Å²) in [5, 5.41) is 0. The molecule has 1 amide bonds. The minimum absolute atomic E-state index is 0.0490. The Morgan fingerprint density at radius 2 is 1.75 bits per heavy atom. The van der Waals surface area contributed by atoms with E-state index in [-0.39, 0.29) is 23.5 Å². The highest BCUT2D eigenvalue weighted by atomic mass is 32.2. The van der Waals surface area contributed by atoms with Crippen molar-refractivity contribution in [3.63, 3.8) is 0 Å². The third-order valence-electron chi connectivity index (χ3n) is 5.34. The van der Waals surface area contributed by atoms with Gasteiger partial charge in [0.1, 0.15) is 0 Å². The van der Waals surface area contributed by atoms with Gasteiger partial charge in [0.2, 0.25) is 5.91 Å². The number of amides is 1. The maximum absolute atomic E-state index is 12.9. The quantitative estimate of drug-likeness (QED) is 0.841. The lowest BCUT2D eigenvalue weighted by molar-refractivity contribution is -0.134. The van der Waals surface area contributed by atoms with E-state index in [0.29, 0.717) is 25.3 Å². The SMILES string of the molecule is O=C(CC1CCCCC1)N1CCCS(=O)(=O)CC1c1ccccc1. The summed E-state index contributed by atoms with van der Waals surface area (Å²) in [6.07, 6.45) is 7.09. The summed E-state index contributed by atoms with van der Waals surface area (Å²) in [6.45, 7) is 0.546. The van der Waals surface area contributed by atoms with Crippen LogP contribution < -0.4 is 0 Å². The molecule has 2 fully saturated rings. The summed E-state index contributed by atoms with van der Waals surface area (Å²) >= 11 is 0. The summed E-state index contributed by atoms with van der Waals surface area (Å²) in [5.41, 5.74) is 0.931. The largest absolute Gasteiger partial charge is 0.335 e. The molecule has 2 aliphatic rings. The van der Waals surface area contributed by atoms with Crippen LogP contribution in [0, 0.1) is 5.92 Å². The summed E-state index contributed by atoms with van der Waals surface area (Å²) in [6, 6.07) is 9.28. The second kappa shape index (κ2) is 7.68. The number of rotatable bonds is 3. The van der Waals surface area contributed by atoms with Crippen LogP contribution in [0.4, 0.5) is 0 Å². The number of nitrogens with zero attached hydrogens (tertiary/aromatic N) is 1. The molecule has 0 aromatic heterocycles. The Labute approximate surface area is 145 Å². The molecule has 0 radical (unpaired) electrons. The molecule has 5 heteroatoms. The molecule has 4 nitrogen and oxygen atoms in total. The van der Waals surface area contributed by atoms with Gasteiger partial charge in [-0.3, -0.25) is 4.79 Å². The summed E-state index contributed by atoms with van der Waals surface area (Å²) in [4.78, 5) is 14.8. The van der Waals surface area contributed by atoms with E-state index in [1.807, 2.05) is 35.2 Å². The topological polar surface area (TPSA) is 54.5 Å². The predicted octanol–water partition coefficient (Wildman–Crippen LogP) is 3.35. The Kier molecular flexibility index (Phi) is 5.59. The molecule has 24 heavy (non-hydrogen) atoms. The lowest BCUT2D eigenvalue weighted by atomic mass is 9.86. The third kappa shape index (κ3) is 4.38. The number of hydrogen-bond acceptors (Lipinski definition) is 3. The summed E-state index contributed by atoms with van der Waals surface area (Å²) in [7, 11) is -3.11. The first-order valence-corrected chi connectivity index (χ1v) is 10.9. The molecule has 0 bridgehead atoms. The minimum Gasteiger partial charge on any atom is -0.335 e. The number of benzene rings is 1. The van der Waals surface area contributed by atoms with Gasteiger partial charge in [0.25, 0.3) is 0 Å². The smallest absolute Gasteiger partial charge is 0.223 e. The average Bonchev–Trinajstić information content (AvgIpc) is 2.74. The van der Waals surface area contributed by atoms with Crippen LogP contribution >= 0.6 is 0 Å². The van der Waals surface area contributed by atoms with E-state index in [9.17, 15) is 13.2 Å². The lowest BCUT2D eigenvalue weighted by Crippen LogP contribution is -2.38. The standard InChI is InChI=1S/C19H27NO3S/c21-19(14-16-8-3-1-4-9-16)20-12-7-13-24(22,23)15-18(20)17-10-5-2-6-11-17/h2,5-6,10-11,16,18H,1,3-4,7-9,12-15H2. The maximum atomic E-state index is 12.9. The van der Waals surface area contributed by atoms with Gasteiger partial charge in [0.05, 0.1) is 17.5 Å². The zero-order chi connectivity index (χ0) is 17.0. The van der Waals surface area contributed by atoms with Gasteiger partial charge in [-0.15, -0.1) is 0 Å². The van der Waals surface area contributed by atoms with Crippen LogP contribution in [0.3, 0.4) is 0 Å². The molecule has 0 spiro atoms. The van der Waals surface area contributed by atoms with Crippen LogP contribution in [0.15, 0.2) is 30.3 Å². The van der Waals surface area contributed by atoms with Crippen molar-refractivity contribution in [1.29, 1.82) is 0 Å². The van der Waals surface area contributed by atoms with Gasteiger partial charge in [-0.2, -0.15) is 0 Å². The molecule has 3 rings (SSSR count). The summed E-state index contributed by atoms with van der Waals surface area (Å²) < 4.78 is 24.5. The zero-order valence-electron chi connectivity index (χ0n) is 14.2. The van der Waals surface area contributed by atoms with Crippen LogP contribution in [-0.2, 0) is 14.6 Å². The van der Waals surface area contributed by atoms with Gasteiger partial charge in [0, 0.05) is 13.0 Å². The second-order valence-corrected chi connectivity index (χ2v) is 9.42. The lowest BCUT2D eigenvalue weighted by Gasteiger charge is -2.32. The molecule has 0 N–H and O–H groups in total. The van der Waals surface area contributed by atoms with Crippen molar-refractivity contribution in [2.24, 2.45) is 5.92 Å². The fourth-order valence-electron chi connectivity index (χ4n) is 4.03.